The van der Waals surface area contributed by atoms with Gasteiger partial charge in [0.25, 0.3) is 0 Å². The topological polar surface area (TPSA) is 32.5 Å². The van der Waals surface area contributed by atoms with Crippen molar-refractivity contribution in [3.63, 3.8) is 0 Å². The van der Waals surface area contributed by atoms with Crippen LogP contribution >= 0.6 is 11.3 Å². The minimum atomic E-state index is 0.303. The van der Waals surface area contributed by atoms with Crippen molar-refractivity contribution < 1.29 is 0 Å². The molecule has 1 aliphatic heterocycles. The van der Waals surface area contributed by atoms with Crippen molar-refractivity contribution in [1.29, 1.82) is 0 Å². The zero-order valence-electron chi connectivity index (χ0n) is 12.7. The Labute approximate surface area is 121 Å². The molecule has 2 rings (SSSR count). The minimum absolute atomic E-state index is 0.303. The summed E-state index contributed by atoms with van der Waals surface area (Å²) in [6.07, 6.45) is 0. The summed E-state index contributed by atoms with van der Waals surface area (Å²) >= 11 is 1.85. The van der Waals surface area contributed by atoms with Crippen molar-refractivity contribution in [2.75, 3.05) is 26.2 Å². The van der Waals surface area contributed by atoms with Crippen molar-refractivity contribution in [3.8, 4) is 0 Å². The third-order valence-corrected chi connectivity index (χ3v) is 5.10. The molecule has 0 aromatic carbocycles. The van der Waals surface area contributed by atoms with Gasteiger partial charge in [0, 0.05) is 54.6 Å². The molecule has 2 N–H and O–H groups in total. The zero-order chi connectivity index (χ0) is 14.0. The van der Waals surface area contributed by atoms with Crippen LogP contribution in [0, 0.1) is 6.92 Å². The monoisotopic (exact) mass is 281 g/mol. The Morgan fingerprint density at radius 2 is 1.84 bits per heavy atom. The second-order valence-corrected chi connectivity index (χ2v) is 7.77. The van der Waals surface area contributed by atoms with Crippen LogP contribution in [0.15, 0.2) is 6.07 Å². The van der Waals surface area contributed by atoms with E-state index in [0.29, 0.717) is 12.1 Å². The summed E-state index contributed by atoms with van der Waals surface area (Å²) in [6.45, 7) is 15.6. The zero-order valence-corrected chi connectivity index (χ0v) is 13.5. The third kappa shape index (κ3) is 3.78. The van der Waals surface area contributed by atoms with Gasteiger partial charge in [0.05, 0.1) is 0 Å². The molecule has 0 aliphatic carbocycles. The van der Waals surface area contributed by atoms with Crippen LogP contribution in [0.25, 0.3) is 0 Å². The Kier molecular flexibility index (Phi) is 4.66. The number of hydrogen-bond donors (Lipinski definition) is 1. The fourth-order valence-corrected chi connectivity index (χ4v) is 3.60. The number of aryl methyl sites for hydroxylation is 1. The lowest BCUT2D eigenvalue weighted by Crippen LogP contribution is -2.53. The summed E-state index contributed by atoms with van der Waals surface area (Å²) in [6, 6.07) is 2.29. The summed E-state index contributed by atoms with van der Waals surface area (Å²) in [4.78, 5) is 7.88. The minimum Gasteiger partial charge on any atom is -0.326 e. The maximum absolute atomic E-state index is 5.72. The maximum atomic E-state index is 5.72. The largest absolute Gasteiger partial charge is 0.326 e. The van der Waals surface area contributed by atoms with Crippen molar-refractivity contribution >= 4 is 11.3 Å². The number of nitrogens with zero attached hydrogens (tertiary/aromatic N) is 2. The number of rotatable bonds is 3. The molecule has 2 heterocycles. The first-order valence-corrected chi connectivity index (χ1v) is 7.97. The van der Waals surface area contributed by atoms with Crippen molar-refractivity contribution in [1.82, 2.24) is 9.80 Å². The molecule has 0 saturated carbocycles. The lowest BCUT2D eigenvalue weighted by Gasteiger charge is -2.42. The molecule has 0 bridgehead atoms. The van der Waals surface area contributed by atoms with Gasteiger partial charge in [0.2, 0.25) is 0 Å². The van der Waals surface area contributed by atoms with Crippen LogP contribution in [0.2, 0.25) is 0 Å². The lowest BCUT2D eigenvalue weighted by atomic mass is 10.0. The lowest BCUT2D eigenvalue weighted by molar-refractivity contribution is 0.0591. The molecular formula is C15H27N3S. The SMILES string of the molecule is Cc1sc(CN)cc1CN1CCN(C(C)(C)C)CC1. The second-order valence-electron chi connectivity index (χ2n) is 6.43. The number of hydrogen-bond acceptors (Lipinski definition) is 4. The Morgan fingerprint density at radius 3 is 2.32 bits per heavy atom. The highest BCUT2D eigenvalue weighted by atomic mass is 32.1. The smallest absolute Gasteiger partial charge is 0.0274 e. The van der Waals surface area contributed by atoms with Crippen LogP contribution in [0.5, 0.6) is 0 Å². The summed E-state index contributed by atoms with van der Waals surface area (Å²) in [5, 5.41) is 0. The van der Waals surface area contributed by atoms with Gasteiger partial charge < -0.3 is 5.73 Å². The van der Waals surface area contributed by atoms with Crippen LogP contribution in [0.1, 0.15) is 36.1 Å². The normalized spacial score (nSPS) is 19.0. The van der Waals surface area contributed by atoms with Crippen LogP contribution < -0.4 is 5.73 Å². The van der Waals surface area contributed by atoms with Gasteiger partial charge in [0.15, 0.2) is 0 Å². The number of thiophene rings is 1. The molecule has 108 valence electrons. The van der Waals surface area contributed by atoms with E-state index in [2.05, 4.69) is 43.6 Å². The van der Waals surface area contributed by atoms with Crippen molar-refractivity contribution in [2.45, 2.75) is 46.3 Å². The Bertz CT molecular complexity index is 412. The molecule has 3 nitrogen and oxygen atoms in total. The molecule has 4 heteroatoms. The molecule has 1 saturated heterocycles. The summed E-state index contributed by atoms with van der Waals surface area (Å²) < 4.78 is 0. The van der Waals surface area contributed by atoms with E-state index in [1.165, 1.54) is 41.5 Å². The maximum Gasteiger partial charge on any atom is 0.0274 e. The van der Waals surface area contributed by atoms with E-state index in [4.69, 9.17) is 5.73 Å². The van der Waals surface area contributed by atoms with E-state index in [-0.39, 0.29) is 0 Å². The highest BCUT2D eigenvalue weighted by Crippen LogP contribution is 2.23. The van der Waals surface area contributed by atoms with Gasteiger partial charge in [0.1, 0.15) is 0 Å². The van der Waals surface area contributed by atoms with Crippen LogP contribution in [-0.2, 0) is 13.1 Å². The van der Waals surface area contributed by atoms with E-state index in [1.54, 1.807) is 0 Å². The molecule has 1 aromatic heterocycles. The molecule has 19 heavy (non-hydrogen) atoms. The quantitative estimate of drug-likeness (QED) is 0.923. The van der Waals surface area contributed by atoms with E-state index < -0.39 is 0 Å². The van der Waals surface area contributed by atoms with Crippen molar-refractivity contribution in [3.05, 3.63) is 21.4 Å². The first-order chi connectivity index (χ1) is 8.90. The predicted octanol–water partition coefficient (Wildman–Crippen LogP) is 2.43. The van der Waals surface area contributed by atoms with Gasteiger partial charge in [-0.05, 0) is 39.3 Å². The van der Waals surface area contributed by atoms with Gasteiger partial charge in [-0.2, -0.15) is 0 Å². The molecule has 0 atom stereocenters. The second kappa shape index (κ2) is 5.92. The number of nitrogens with two attached hydrogens (primary N) is 1. The standard InChI is InChI=1S/C15H27N3S/c1-12-13(9-14(10-16)19-12)11-17-5-7-18(8-6-17)15(2,3)4/h9H,5-8,10-11,16H2,1-4H3. The van der Waals surface area contributed by atoms with Gasteiger partial charge in [-0.15, -0.1) is 11.3 Å². The average Bonchev–Trinajstić information content (AvgIpc) is 2.70. The Morgan fingerprint density at radius 1 is 1.21 bits per heavy atom. The summed E-state index contributed by atoms with van der Waals surface area (Å²) in [5.41, 5.74) is 7.49. The predicted molar refractivity (Wildman–Crippen MR) is 83.6 cm³/mol. The molecule has 1 aliphatic rings. The number of piperazine rings is 1. The van der Waals surface area contributed by atoms with E-state index in [9.17, 15) is 0 Å². The fraction of sp³-hybridized carbons (Fsp3) is 0.733. The third-order valence-electron chi connectivity index (χ3n) is 3.99. The first-order valence-electron chi connectivity index (χ1n) is 7.16. The molecule has 1 aromatic rings. The summed E-state index contributed by atoms with van der Waals surface area (Å²) in [7, 11) is 0. The highest BCUT2D eigenvalue weighted by Gasteiger charge is 2.25. The Balaban J connectivity index is 1.90. The van der Waals surface area contributed by atoms with Crippen molar-refractivity contribution in [2.24, 2.45) is 5.73 Å². The Hall–Kier alpha value is -0.420. The first kappa shape index (κ1) is 15.0. The fourth-order valence-electron chi connectivity index (χ4n) is 2.66. The molecule has 0 amide bonds. The average molecular weight is 281 g/mol. The molecule has 0 radical (unpaired) electrons. The van der Waals surface area contributed by atoms with Gasteiger partial charge in [-0.1, -0.05) is 0 Å². The van der Waals surface area contributed by atoms with Gasteiger partial charge in [-0.3, -0.25) is 9.80 Å². The molecule has 0 spiro atoms. The molecule has 1 fully saturated rings. The highest BCUT2D eigenvalue weighted by molar-refractivity contribution is 7.12. The van der Waals surface area contributed by atoms with Crippen LogP contribution in [-0.4, -0.2) is 41.5 Å². The van der Waals surface area contributed by atoms with Gasteiger partial charge >= 0.3 is 0 Å². The van der Waals surface area contributed by atoms with E-state index >= 15 is 0 Å². The van der Waals surface area contributed by atoms with Gasteiger partial charge in [-0.25, -0.2) is 0 Å². The molecule has 0 unspecified atom stereocenters. The van der Waals surface area contributed by atoms with Crippen LogP contribution in [0.4, 0.5) is 0 Å². The van der Waals surface area contributed by atoms with E-state index in [0.717, 1.165) is 6.54 Å². The van der Waals surface area contributed by atoms with Crippen LogP contribution in [0.3, 0.4) is 0 Å². The van der Waals surface area contributed by atoms with E-state index in [1.807, 2.05) is 11.3 Å². The summed E-state index contributed by atoms with van der Waals surface area (Å²) in [5.74, 6) is 0. The molecular weight excluding hydrogens is 254 g/mol.